The number of anilines is 2. The maximum Gasteiger partial charge on any atom is 0.341 e. The summed E-state index contributed by atoms with van der Waals surface area (Å²) in [5.41, 5.74) is 4.34. The zero-order chi connectivity index (χ0) is 33.6. The van der Waals surface area contributed by atoms with E-state index in [9.17, 15) is 14.4 Å². The lowest BCUT2D eigenvalue weighted by Gasteiger charge is -2.23. The monoisotopic (exact) mass is 714 g/mol. The molecule has 1 aliphatic carbocycles. The molecule has 6 nitrogen and oxygen atoms in total. The molecule has 0 saturated heterocycles. The topological polar surface area (TPSA) is 84.5 Å². The predicted octanol–water partition coefficient (Wildman–Crippen LogP) is 10.2. The highest BCUT2D eigenvalue weighted by atomic mass is 35.5. The first-order chi connectivity index (χ1) is 23.3. The molecule has 0 aliphatic heterocycles. The molecule has 0 saturated carbocycles. The second-order valence-corrected chi connectivity index (χ2v) is 14.4. The van der Waals surface area contributed by atoms with Crippen LogP contribution in [-0.4, -0.2) is 24.4 Å². The molecule has 1 heterocycles. The molecule has 1 aromatic heterocycles. The van der Waals surface area contributed by atoms with E-state index in [2.05, 4.69) is 34.9 Å². The molecule has 10 heteroatoms. The van der Waals surface area contributed by atoms with Crippen LogP contribution in [0.5, 0.6) is 0 Å². The number of hydrogen-bond acceptors (Lipinski definition) is 6. The largest absolute Gasteiger partial charge is 0.462 e. The molecule has 4 aromatic carbocycles. The summed E-state index contributed by atoms with van der Waals surface area (Å²) >= 11 is 15.1. The maximum absolute atomic E-state index is 14.2. The highest BCUT2D eigenvalue weighted by molar-refractivity contribution is 8.00. The molecule has 0 radical (unpaired) electrons. The first kappa shape index (κ1) is 33.8. The number of thioether (sulfide) groups is 1. The van der Waals surface area contributed by atoms with Crippen molar-refractivity contribution in [2.75, 3.05) is 17.2 Å². The average Bonchev–Trinajstić information content (AvgIpc) is 3.45. The van der Waals surface area contributed by atoms with E-state index in [1.165, 1.54) is 34.7 Å². The zero-order valence-corrected chi connectivity index (χ0v) is 29.1. The van der Waals surface area contributed by atoms with Crippen molar-refractivity contribution < 1.29 is 19.1 Å². The summed E-state index contributed by atoms with van der Waals surface area (Å²) in [5.74, 6) is -0.722. The minimum Gasteiger partial charge on any atom is -0.462 e. The standard InChI is InChI=1S/C38H32Cl2N2O4S2/c1-2-46-38(45)33-30-18-16-25(23-10-5-3-6-11-23)20-32(30)48-37(33)42-36(44)34(24-12-7-4-8-13-24)47-28-15-9-14-27(22-28)41-35(43)29-19-17-26(39)21-31(29)40/h3-15,17,19,21-22,25,34H,2,16,18,20H2,1H3,(H,41,43)(H,42,44). The summed E-state index contributed by atoms with van der Waals surface area (Å²) in [6, 6.07) is 31.9. The van der Waals surface area contributed by atoms with E-state index in [1.807, 2.05) is 54.6 Å². The maximum atomic E-state index is 14.2. The molecule has 2 amide bonds. The molecule has 2 atom stereocenters. The van der Waals surface area contributed by atoms with Gasteiger partial charge in [0.1, 0.15) is 10.3 Å². The Labute approximate surface area is 297 Å². The zero-order valence-electron chi connectivity index (χ0n) is 26.0. The van der Waals surface area contributed by atoms with Crippen LogP contribution in [0.1, 0.15) is 66.8 Å². The first-order valence-electron chi connectivity index (χ1n) is 15.6. The number of amides is 2. The number of halogens is 2. The Hall–Kier alpha value is -4.08. The van der Waals surface area contributed by atoms with Gasteiger partial charge in [-0.15, -0.1) is 23.1 Å². The van der Waals surface area contributed by atoms with Crippen molar-refractivity contribution in [1.29, 1.82) is 0 Å². The van der Waals surface area contributed by atoms with Crippen LogP contribution in [-0.2, 0) is 22.4 Å². The Morgan fingerprint density at radius 3 is 2.40 bits per heavy atom. The Balaban J connectivity index is 1.26. The van der Waals surface area contributed by atoms with Crippen LogP contribution in [0.2, 0.25) is 10.0 Å². The van der Waals surface area contributed by atoms with Gasteiger partial charge in [-0.1, -0.05) is 89.9 Å². The third-order valence-electron chi connectivity index (χ3n) is 8.11. The summed E-state index contributed by atoms with van der Waals surface area (Å²) in [7, 11) is 0. The van der Waals surface area contributed by atoms with Crippen molar-refractivity contribution in [2.24, 2.45) is 0 Å². The van der Waals surface area contributed by atoms with Crippen molar-refractivity contribution in [1.82, 2.24) is 0 Å². The molecule has 6 rings (SSSR count). The molecule has 2 N–H and O–H groups in total. The SMILES string of the molecule is CCOC(=O)c1c(NC(=O)C(Sc2cccc(NC(=O)c3ccc(Cl)cc3Cl)c2)c2ccccc2)sc2c1CCC(c1ccccc1)C2. The van der Waals surface area contributed by atoms with Gasteiger partial charge in [0, 0.05) is 20.5 Å². The minimum atomic E-state index is -0.658. The lowest BCUT2D eigenvalue weighted by molar-refractivity contribution is -0.115. The number of esters is 1. The van der Waals surface area contributed by atoms with E-state index in [4.69, 9.17) is 27.9 Å². The molecule has 0 fully saturated rings. The van der Waals surface area contributed by atoms with E-state index in [-0.39, 0.29) is 23.4 Å². The second kappa shape index (κ2) is 15.4. The number of benzene rings is 4. The van der Waals surface area contributed by atoms with E-state index in [0.29, 0.717) is 32.8 Å². The van der Waals surface area contributed by atoms with Crippen molar-refractivity contribution in [3.05, 3.63) is 146 Å². The van der Waals surface area contributed by atoms with Gasteiger partial charge in [-0.3, -0.25) is 9.59 Å². The summed E-state index contributed by atoms with van der Waals surface area (Å²) in [6.07, 6.45) is 2.43. The number of fused-ring (bicyclic) bond motifs is 1. The average molecular weight is 716 g/mol. The van der Waals surface area contributed by atoms with Crippen LogP contribution in [0.3, 0.4) is 0 Å². The molecule has 0 bridgehead atoms. The van der Waals surface area contributed by atoms with Gasteiger partial charge in [0.2, 0.25) is 5.91 Å². The number of nitrogens with one attached hydrogen (secondary N) is 2. The summed E-state index contributed by atoms with van der Waals surface area (Å²) in [4.78, 5) is 42.3. The molecular weight excluding hydrogens is 683 g/mol. The summed E-state index contributed by atoms with van der Waals surface area (Å²) < 4.78 is 5.48. The smallest absolute Gasteiger partial charge is 0.341 e. The van der Waals surface area contributed by atoms with Gasteiger partial charge in [0.05, 0.1) is 22.8 Å². The fourth-order valence-corrected chi connectivity index (χ4v) is 8.73. The molecule has 0 spiro atoms. The molecule has 1 aliphatic rings. The first-order valence-corrected chi connectivity index (χ1v) is 18.0. The van der Waals surface area contributed by atoms with Crippen molar-refractivity contribution in [3.8, 4) is 0 Å². The summed E-state index contributed by atoms with van der Waals surface area (Å²) in [5, 5.41) is 6.55. The molecule has 5 aromatic rings. The quantitative estimate of drug-likeness (QED) is 0.111. The lowest BCUT2D eigenvalue weighted by atomic mass is 9.83. The fourth-order valence-electron chi connectivity index (χ4n) is 5.84. The van der Waals surface area contributed by atoms with Crippen LogP contribution in [0.15, 0.2) is 108 Å². The number of carbonyl (C=O) groups excluding carboxylic acids is 3. The number of thiophene rings is 1. The van der Waals surface area contributed by atoms with Gasteiger partial charge in [0.15, 0.2) is 0 Å². The normalized spacial score (nSPS) is 14.4. The molecular formula is C38H32Cl2N2O4S2. The summed E-state index contributed by atoms with van der Waals surface area (Å²) in [6.45, 7) is 2.02. The van der Waals surface area contributed by atoms with Crippen LogP contribution < -0.4 is 10.6 Å². The van der Waals surface area contributed by atoms with E-state index in [1.54, 1.807) is 25.1 Å². The second-order valence-electron chi connectivity index (χ2n) is 11.3. The number of rotatable bonds is 10. The van der Waals surface area contributed by atoms with Crippen LogP contribution >= 0.6 is 46.3 Å². The third-order valence-corrected chi connectivity index (χ3v) is 11.1. The van der Waals surface area contributed by atoms with E-state index in [0.717, 1.165) is 40.2 Å². The Kier molecular flexibility index (Phi) is 10.9. The third kappa shape index (κ3) is 7.79. The van der Waals surface area contributed by atoms with Gasteiger partial charge < -0.3 is 15.4 Å². The van der Waals surface area contributed by atoms with E-state index < -0.39 is 11.2 Å². The Morgan fingerprint density at radius 2 is 1.67 bits per heavy atom. The molecule has 48 heavy (non-hydrogen) atoms. The van der Waals surface area contributed by atoms with Crippen molar-refractivity contribution >= 4 is 74.8 Å². The number of ether oxygens (including phenoxy) is 1. The highest BCUT2D eigenvalue weighted by Gasteiger charge is 2.32. The minimum absolute atomic E-state index is 0.239. The predicted molar refractivity (Wildman–Crippen MR) is 196 cm³/mol. The Morgan fingerprint density at radius 1 is 0.917 bits per heavy atom. The van der Waals surface area contributed by atoms with Crippen LogP contribution in [0.25, 0.3) is 0 Å². The van der Waals surface area contributed by atoms with Gasteiger partial charge in [-0.25, -0.2) is 4.79 Å². The van der Waals surface area contributed by atoms with Gasteiger partial charge in [-0.05, 0) is 85.2 Å². The Bertz CT molecular complexity index is 1950. The molecule has 244 valence electrons. The molecule has 2 unspecified atom stereocenters. The highest BCUT2D eigenvalue weighted by Crippen LogP contribution is 2.44. The van der Waals surface area contributed by atoms with E-state index >= 15 is 0 Å². The number of carbonyl (C=O) groups is 3. The van der Waals surface area contributed by atoms with Crippen molar-refractivity contribution in [2.45, 2.75) is 42.2 Å². The van der Waals surface area contributed by atoms with Crippen LogP contribution in [0, 0.1) is 0 Å². The van der Waals surface area contributed by atoms with Gasteiger partial charge >= 0.3 is 5.97 Å². The fraction of sp³-hybridized carbons (Fsp3) is 0.184. The van der Waals surface area contributed by atoms with Crippen molar-refractivity contribution in [3.63, 3.8) is 0 Å². The number of hydrogen-bond donors (Lipinski definition) is 2. The lowest BCUT2D eigenvalue weighted by Crippen LogP contribution is -2.20. The van der Waals surface area contributed by atoms with Gasteiger partial charge in [0.25, 0.3) is 5.91 Å². The van der Waals surface area contributed by atoms with Crippen LogP contribution in [0.4, 0.5) is 10.7 Å². The van der Waals surface area contributed by atoms with Gasteiger partial charge in [-0.2, -0.15) is 0 Å².